The van der Waals surface area contributed by atoms with Gasteiger partial charge < -0.3 is 29.2 Å². The first-order valence-corrected chi connectivity index (χ1v) is 6.21. The van der Waals surface area contributed by atoms with Gasteiger partial charge in [0.15, 0.2) is 11.6 Å². The molecule has 0 aromatic heterocycles. The lowest BCUT2D eigenvalue weighted by Gasteiger charge is -2.24. The van der Waals surface area contributed by atoms with Crippen LogP contribution < -0.4 is 0 Å². The molecule has 0 saturated carbocycles. The second kappa shape index (κ2) is 4.70. The molecule has 0 spiro atoms. The van der Waals surface area contributed by atoms with Crippen LogP contribution in [0.25, 0.3) is 0 Å². The van der Waals surface area contributed by atoms with Crippen LogP contribution in [0, 0.1) is 0 Å². The van der Waals surface area contributed by atoms with E-state index in [0.29, 0.717) is 0 Å². The van der Waals surface area contributed by atoms with Crippen molar-refractivity contribution in [3.63, 3.8) is 0 Å². The van der Waals surface area contributed by atoms with Crippen LogP contribution in [0.1, 0.15) is 27.7 Å². The molecule has 0 bridgehead atoms. The summed E-state index contributed by atoms with van der Waals surface area (Å²) in [6.45, 7) is 6.81. The molecule has 6 heteroatoms. The van der Waals surface area contributed by atoms with Crippen molar-refractivity contribution in [1.29, 1.82) is 0 Å². The van der Waals surface area contributed by atoms with Crippen molar-refractivity contribution in [2.45, 2.75) is 63.7 Å². The molecule has 106 valence electrons. The predicted molar refractivity (Wildman–Crippen MR) is 61.8 cm³/mol. The van der Waals surface area contributed by atoms with Crippen molar-refractivity contribution in [2.75, 3.05) is 13.2 Å². The van der Waals surface area contributed by atoms with Crippen molar-refractivity contribution >= 4 is 0 Å². The van der Waals surface area contributed by atoms with Crippen LogP contribution in [0.4, 0.5) is 0 Å². The summed E-state index contributed by atoms with van der Waals surface area (Å²) in [7, 11) is 0. The van der Waals surface area contributed by atoms with Gasteiger partial charge in [0, 0.05) is 0 Å². The normalized spacial score (nSPS) is 42.3. The first-order valence-electron chi connectivity index (χ1n) is 6.21. The highest BCUT2D eigenvalue weighted by atomic mass is 16.8. The number of hydrogen-bond donors (Lipinski definition) is 2. The van der Waals surface area contributed by atoms with E-state index in [-0.39, 0.29) is 13.2 Å². The Morgan fingerprint density at radius 1 is 0.722 bits per heavy atom. The van der Waals surface area contributed by atoms with Crippen molar-refractivity contribution in [3.05, 3.63) is 0 Å². The monoisotopic (exact) mass is 262 g/mol. The molecule has 2 saturated heterocycles. The molecule has 0 aliphatic carbocycles. The van der Waals surface area contributed by atoms with Crippen LogP contribution in [0.3, 0.4) is 0 Å². The van der Waals surface area contributed by atoms with Gasteiger partial charge in [-0.3, -0.25) is 0 Å². The minimum atomic E-state index is -0.770. The summed E-state index contributed by atoms with van der Waals surface area (Å²) < 4.78 is 22.7. The Kier molecular flexibility index (Phi) is 3.70. The summed E-state index contributed by atoms with van der Waals surface area (Å²) in [6, 6.07) is 0. The smallest absolute Gasteiger partial charge is 0.164 e. The zero-order valence-corrected chi connectivity index (χ0v) is 11.3. The van der Waals surface area contributed by atoms with Gasteiger partial charge in [-0.05, 0) is 27.7 Å². The average molecular weight is 262 g/mol. The topological polar surface area (TPSA) is 77.4 Å². The zero-order valence-electron chi connectivity index (χ0n) is 11.3. The third-order valence-electron chi connectivity index (χ3n) is 3.13. The van der Waals surface area contributed by atoms with E-state index in [1.165, 1.54) is 0 Å². The predicted octanol–water partition coefficient (Wildman–Crippen LogP) is 0.0112. The first kappa shape index (κ1) is 14.2. The quantitative estimate of drug-likeness (QED) is 0.746. The first-order chi connectivity index (χ1) is 8.28. The van der Waals surface area contributed by atoms with Crippen LogP contribution in [0.15, 0.2) is 0 Å². The third-order valence-corrected chi connectivity index (χ3v) is 3.13. The van der Waals surface area contributed by atoms with Gasteiger partial charge in [0.1, 0.15) is 24.4 Å². The fraction of sp³-hybridized carbons (Fsp3) is 1.00. The lowest BCUT2D eigenvalue weighted by atomic mass is 10.0. The van der Waals surface area contributed by atoms with Gasteiger partial charge in [0.25, 0.3) is 0 Å². The van der Waals surface area contributed by atoms with E-state index in [0.717, 1.165) is 0 Å². The van der Waals surface area contributed by atoms with Gasteiger partial charge in [-0.15, -0.1) is 0 Å². The summed E-state index contributed by atoms with van der Waals surface area (Å²) in [5.74, 6) is -1.54. The van der Waals surface area contributed by atoms with E-state index in [1.54, 1.807) is 27.7 Å². The Bertz CT molecular complexity index is 273. The van der Waals surface area contributed by atoms with E-state index < -0.39 is 36.0 Å². The van der Waals surface area contributed by atoms with Crippen molar-refractivity contribution in [2.24, 2.45) is 0 Å². The number of ether oxygens (including phenoxy) is 4. The van der Waals surface area contributed by atoms with Gasteiger partial charge in [0.2, 0.25) is 0 Å². The van der Waals surface area contributed by atoms with Crippen LogP contribution in [-0.2, 0) is 18.9 Å². The molecule has 6 nitrogen and oxygen atoms in total. The van der Waals surface area contributed by atoms with Crippen LogP contribution in [0.2, 0.25) is 0 Å². The molecule has 0 unspecified atom stereocenters. The largest absolute Gasteiger partial charge is 0.394 e. The van der Waals surface area contributed by atoms with E-state index >= 15 is 0 Å². The van der Waals surface area contributed by atoms with Crippen molar-refractivity contribution in [3.8, 4) is 0 Å². The minimum absolute atomic E-state index is 0.160. The molecule has 2 rings (SSSR count). The highest BCUT2D eigenvalue weighted by Gasteiger charge is 2.53. The molecular weight excluding hydrogens is 240 g/mol. The molecule has 0 amide bonds. The lowest BCUT2D eigenvalue weighted by Crippen LogP contribution is -2.44. The average Bonchev–Trinajstić information content (AvgIpc) is 2.74. The molecular formula is C12H22O6. The fourth-order valence-corrected chi connectivity index (χ4v) is 2.57. The van der Waals surface area contributed by atoms with Gasteiger partial charge in [0.05, 0.1) is 13.2 Å². The number of rotatable bonds is 3. The zero-order chi connectivity index (χ0) is 13.6. The standard InChI is InChI=1S/C12H22O6/c1-11(2)15-7(5-13)9(17-11)10-8(6-14)16-12(3,4)18-10/h7-10,13-14H,5-6H2,1-4H3/t7-,8-,9-,10-/m1/s1. The van der Waals surface area contributed by atoms with Gasteiger partial charge in [-0.1, -0.05) is 0 Å². The SMILES string of the molecule is CC1(C)O[C@@H]([C@@H]2OC(C)(C)O[C@@H]2CO)[C@@H](CO)O1. The third kappa shape index (κ3) is 2.68. The number of aliphatic hydroxyl groups excluding tert-OH is 2. The number of aliphatic hydroxyl groups is 2. The molecule has 2 N–H and O–H groups in total. The molecule has 0 radical (unpaired) electrons. The van der Waals surface area contributed by atoms with Crippen LogP contribution >= 0.6 is 0 Å². The molecule has 2 heterocycles. The Morgan fingerprint density at radius 3 is 1.33 bits per heavy atom. The van der Waals surface area contributed by atoms with Gasteiger partial charge in [-0.2, -0.15) is 0 Å². The Hall–Kier alpha value is -0.240. The van der Waals surface area contributed by atoms with Crippen LogP contribution in [-0.4, -0.2) is 59.4 Å². The molecule has 4 atom stereocenters. The molecule has 2 aliphatic heterocycles. The second-order valence-corrected chi connectivity index (χ2v) is 5.64. The van der Waals surface area contributed by atoms with Crippen molar-refractivity contribution < 1.29 is 29.2 Å². The highest BCUT2D eigenvalue weighted by Crippen LogP contribution is 2.38. The summed E-state index contributed by atoms with van der Waals surface area (Å²) in [4.78, 5) is 0. The maximum Gasteiger partial charge on any atom is 0.164 e. The molecule has 0 aromatic carbocycles. The van der Waals surface area contributed by atoms with Gasteiger partial charge in [-0.25, -0.2) is 0 Å². The molecule has 0 aromatic rings. The maximum atomic E-state index is 9.35. The molecule has 2 fully saturated rings. The van der Waals surface area contributed by atoms with E-state index in [9.17, 15) is 10.2 Å². The van der Waals surface area contributed by atoms with Crippen molar-refractivity contribution in [1.82, 2.24) is 0 Å². The molecule has 18 heavy (non-hydrogen) atoms. The van der Waals surface area contributed by atoms with E-state index in [2.05, 4.69) is 0 Å². The Balaban J connectivity index is 2.15. The molecule has 2 aliphatic rings. The van der Waals surface area contributed by atoms with Crippen LogP contribution in [0.5, 0.6) is 0 Å². The Labute approximate surface area is 107 Å². The van der Waals surface area contributed by atoms with E-state index in [4.69, 9.17) is 18.9 Å². The highest BCUT2D eigenvalue weighted by molar-refractivity contribution is 4.94. The summed E-state index contributed by atoms with van der Waals surface area (Å²) in [5.41, 5.74) is 0. The summed E-state index contributed by atoms with van der Waals surface area (Å²) >= 11 is 0. The number of hydrogen-bond acceptors (Lipinski definition) is 6. The van der Waals surface area contributed by atoms with Gasteiger partial charge >= 0.3 is 0 Å². The summed E-state index contributed by atoms with van der Waals surface area (Å²) in [6.07, 6.45) is -1.86. The maximum absolute atomic E-state index is 9.35. The second-order valence-electron chi connectivity index (χ2n) is 5.64. The lowest BCUT2D eigenvalue weighted by molar-refractivity contribution is -0.175. The summed E-state index contributed by atoms with van der Waals surface area (Å²) in [5, 5.41) is 18.7. The minimum Gasteiger partial charge on any atom is -0.394 e. The Morgan fingerprint density at radius 2 is 1.06 bits per heavy atom. The fourth-order valence-electron chi connectivity index (χ4n) is 2.57. The van der Waals surface area contributed by atoms with E-state index in [1.807, 2.05) is 0 Å².